The van der Waals surface area contributed by atoms with Crippen molar-refractivity contribution in [1.82, 2.24) is 19.8 Å². The zero-order valence-corrected chi connectivity index (χ0v) is 16.4. The van der Waals surface area contributed by atoms with Crippen LogP contribution in [0.3, 0.4) is 0 Å². The predicted molar refractivity (Wildman–Crippen MR) is 105 cm³/mol. The number of benzene rings is 1. The van der Waals surface area contributed by atoms with Gasteiger partial charge in [0.2, 0.25) is 11.8 Å². The van der Waals surface area contributed by atoms with Crippen LogP contribution in [-0.2, 0) is 14.4 Å². The average molecular weight is 391 g/mol. The van der Waals surface area contributed by atoms with Gasteiger partial charge in [-0.25, -0.2) is 4.98 Å². The van der Waals surface area contributed by atoms with Gasteiger partial charge in [-0.1, -0.05) is 38.1 Å². The van der Waals surface area contributed by atoms with E-state index >= 15 is 0 Å². The number of amides is 3. The minimum atomic E-state index is -0.590. The molecule has 1 aromatic heterocycles. The fraction of sp³-hybridized carbons (Fsp3) is 0.286. The normalized spacial score (nSPS) is 16.7. The molecule has 29 heavy (non-hydrogen) atoms. The highest BCUT2D eigenvalue weighted by atomic mass is 16.2. The van der Waals surface area contributed by atoms with Gasteiger partial charge in [-0.15, -0.1) is 0 Å². The highest BCUT2D eigenvalue weighted by molar-refractivity contribution is 6.12. The first-order valence-electron chi connectivity index (χ1n) is 9.17. The molecule has 1 aliphatic heterocycles. The molecule has 0 saturated carbocycles. The molecule has 1 N–H and O–H groups in total. The molecule has 1 saturated heterocycles. The molecule has 1 unspecified atom stereocenters. The quantitative estimate of drug-likeness (QED) is 0.802. The van der Waals surface area contributed by atoms with Gasteiger partial charge in [0.1, 0.15) is 18.3 Å². The van der Waals surface area contributed by atoms with Crippen molar-refractivity contribution in [3.8, 4) is 6.07 Å². The molecule has 2 heterocycles. The first-order valence-corrected chi connectivity index (χ1v) is 9.17. The number of aromatic nitrogens is 2. The Labute approximate surface area is 168 Å². The largest absolute Gasteiger partial charge is 0.320 e. The van der Waals surface area contributed by atoms with Crippen LogP contribution in [0.1, 0.15) is 49.6 Å². The molecule has 0 spiro atoms. The Morgan fingerprint density at radius 3 is 2.69 bits per heavy atom. The lowest BCUT2D eigenvalue weighted by Crippen LogP contribution is -2.51. The molecule has 3 amide bonds. The van der Waals surface area contributed by atoms with Crippen LogP contribution in [0.15, 0.2) is 42.5 Å². The summed E-state index contributed by atoms with van der Waals surface area (Å²) >= 11 is 0. The number of carbonyl (C=O) groups is 3. The molecule has 3 rings (SSSR count). The van der Waals surface area contributed by atoms with Crippen molar-refractivity contribution in [2.45, 2.75) is 32.7 Å². The fourth-order valence-corrected chi connectivity index (χ4v) is 3.07. The maximum absolute atomic E-state index is 12.4. The van der Waals surface area contributed by atoms with Gasteiger partial charge in [0.25, 0.3) is 5.91 Å². The number of piperazine rings is 1. The van der Waals surface area contributed by atoms with Crippen LogP contribution in [0.4, 0.5) is 0 Å². The Morgan fingerprint density at radius 1 is 1.31 bits per heavy atom. The molecule has 0 aliphatic carbocycles. The minimum absolute atomic E-state index is 0.0305. The Balaban J connectivity index is 1.90. The van der Waals surface area contributed by atoms with E-state index in [4.69, 9.17) is 0 Å². The van der Waals surface area contributed by atoms with Crippen molar-refractivity contribution in [1.29, 1.82) is 5.26 Å². The Bertz CT molecular complexity index is 1040. The Morgan fingerprint density at radius 2 is 2.03 bits per heavy atom. The summed E-state index contributed by atoms with van der Waals surface area (Å²) in [4.78, 5) is 40.8. The second kappa shape index (κ2) is 8.10. The maximum atomic E-state index is 12.4. The summed E-state index contributed by atoms with van der Waals surface area (Å²) in [6.07, 6.45) is 4.51. The number of hydrogen-bond donors (Lipinski definition) is 1. The van der Waals surface area contributed by atoms with E-state index in [9.17, 15) is 19.6 Å². The molecule has 0 radical (unpaired) electrons. The van der Waals surface area contributed by atoms with Crippen LogP contribution in [0.25, 0.3) is 6.08 Å². The van der Waals surface area contributed by atoms with Gasteiger partial charge >= 0.3 is 0 Å². The van der Waals surface area contributed by atoms with Crippen LogP contribution in [0.5, 0.6) is 0 Å². The number of nitriles is 1. The van der Waals surface area contributed by atoms with Crippen LogP contribution in [0, 0.1) is 11.3 Å². The van der Waals surface area contributed by atoms with Crippen molar-refractivity contribution < 1.29 is 14.4 Å². The third-order valence-corrected chi connectivity index (χ3v) is 4.66. The molecular formula is C21H21N5O3. The number of imidazole rings is 1. The van der Waals surface area contributed by atoms with E-state index in [1.807, 2.05) is 24.3 Å². The van der Waals surface area contributed by atoms with Gasteiger partial charge in [0.15, 0.2) is 0 Å². The SMILES string of the molecule is CC(=O)N1CC(=O)N/C(=C\c2cn(C(C#N)c3cccc(C(C)C)c3)cn2)C1=O. The predicted octanol–water partition coefficient (Wildman–Crippen LogP) is 1.97. The van der Waals surface area contributed by atoms with Crippen LogP contribution in [0.2, 0.25) is 0 Å². The van der Waals surface area contributed by atoms with E-state index < -0.39 is 23.8 Å². The number of imide groups is 1. The molecular weight excluding hydrogens is 370 g/mol. The third kappa shape index (κ3) is 4.24. The number of nitrogens with one attached hydrogen (secondary N) is 1. The summed E-state index contributed by atoms with van der Waals surface area (Å²) in [6, 6.07) is 9.50. The second-order valence-corrected chi connectivity index (χ2v) is 7.12. The minimum Gasteiger partial charge on any atom is -0.320 e. The van der Waals surface area contributed by atoms with Gasteiger partial charge in [-0.2, -0.15) is 5.26 Å². The zero-order valence-electron chi connectivity index (χ0n) is 16.4. The fourth-order valence-electron chi connectivity index (χ4n) is 3.07. The first kappa shape index (κ1) is 20.0. The molecule has 1 aromatic carbocycles. The maximum Gasteiger partial charge on any atom is 0.277 e. The lowest BCUT2D eigenvalue weighted by Gasteiger charge is -2.25. The number of rotatable bonds is 4. The van der Waals surface area contributed by atoms with Crippen molar-refractivity contribution in [2.75, 3.05) is 6.54 Å². The molecule has 8 nitrogen and oxygen atoms in total. The first-order chi connectivity index (χ1) is 13.8. The zero-order chi connectivity index (χ0) is 21.1. The highest BCUT2D eigenvalue weighted by Crippen LogP contribution is 2.23. The summed E-state index contributed by atoms with van der Waals surface area (Å²) in [5.41, 5.74) is 2.32. The summed E-state index contributed by atoms with van der Waals surface area (Å²) in [5.74, 6) is -1.21. The monoisotopic (exact) mass is 391 g/mol. The van der Waals surface area contributed by atoms with E-state index in [0.29, 0.717) is 11.6 Å². The summed E-state index contributed by atoms with van der Waals surface area (Å²) < 4.78 is 1.64. The van der Waals surface area contributed by atoms with E-state index in [1.54, 1.807) is 10.8 Å². The lowest BCUT2D eigenvalue weighted by atomic mass is 9.98. The van der Waals surface area contributed by atoms with Crippen LogP contribution in [-0.4, -0.2) is 38.7 Å². The van der Waals surface area contributed by atoms with E-state index in [0.717, 1.165) is 16.0 Å². The van der Waals surface area contributed by atoms with E-state index in [2.05, 4.69) is 30.2 Å². The van der Waals surface area contributed by atoms with Crippen molar-refractivity contribution in [3.63, 3.8) is 0 Å². The van der Waals surface area contributed by atoms with Crippen LogP contribution >= 0.6 is 0 Å². The summed E-state index contributed by atoms with van der Waals surface area (Å²) in [5, 5.41) is 12.2. The number of hydrogen-bond acceptors (Lipinski definition) is 5. The smallest absolute Gasteiger partial charge is 0.277 e. The lowest BCUT2D eigenvalue weighted by molar-refractivity contribution is -0.147. The average Bonchev–Trinajstić information content (AvgIpc) is 3.13. The molecule has 148 valence electrons. The molecule has 2 aromatic rings. The molecule has 0 bridgehead atoms. The van der Waals surface area contributed by atoms with Crippen molar-refractivity contribution >= 4 is 23.8 Å². The van der Waals surface area contributed by atoms with Crippen molar-refractivity contribution in [2.24, 2.45) is 0 Å². The third-order valence-electron chi connectivity index (χ3n) is 4.66. The Hall–Kier alpha value is -3.73. The van der Waals surface area contributed by atoms with E-state index in [1.165, 1.54) is 19.3 Å². The molecule has 8 heteroatoms. The highest BCUT2D eigenvalue weighted by Gasteiger charge is 2.30. The van der Waals surface area contributed by atoms with Gasteiger partial charge in [-0.05, 0) is 23.1 Å². The van der Waals surface area contributed by atoms with Gasteiger partial charge < -0.3 is 9.88 Å². The van der Waals surface area contributed by atoms with Gasteiger partial charge in [0, 0.05) is 13.1 Å². The summed E-state index contributed by atoms with van der Waals surface area (Å²) in [7, 11) is 0. The molecule has 1 aliphatic rings. The number of carbonyl (C=O) groups excluding carboxylic acids is 3. The Kier molecular flexibility index (Phi) is 5.59. The second-order valence-electron chi connectivity index (χ2n) is 7.12. The number of nitrogens with zero attached hydrogens (tertiary/aromatic N) is 4. The summed E-state index contributed by atoms with van der Waals surface area (Å²) in [6.45, 7) is 5.10. The molecule has 1 atom stereocenters. The standard InChI is InChI=1S/C21H21N5O3/c1-13(2)15-5-4-6-16(7-15)19(9-22)25-10-17(23-12-25)8-18-21(29)26(14(3)27)11-20(28)24-18/h4-8,10,12-13,19H,11H2,1-3H3,(H,24,28)/b18-8-. The topological polar surface area (TPSA) is 108 Å². The molecule has 1 fully saturated rings. The van der Waals surface area contributed by atoms with Gasteiger partial charge in [-0.3, -0.25) is 19.3 Å². The van der Waals surface area contributed by atoms with E-state index in [-0.39, 0.29) is 12.2 Å². The van der Waals surface area contributed by atoms with Gasteiger partial charge in [0.05, 0.1) is 18.1 Å². The van der Waals surface area contributed by atoms with Crippen molar-refractivity contribution in [3.05, 3.63) is 59.3 Å². The van der Waals surface area contributed by atoms with Crippen LogP contribution < -0.4 is 5.32 Å².